The lowest BCUT2D eigenvalue weighted by Gasteiger charge is -2.20. The predicted molar refractivity (Wildman–Crippen MR) is 290 cm³/mol. The van der Waals surface area contributed by atoms with Crippen molar-refractivity contribution in [1.29, 1.82) is 0 Å². The maximum Gasteiger partial charge on any atom is 0.240 e. The van der Waals surface area contributed by atoms with E-state index in [1.54, 1.807) is 0 Å². The summed E-state index contributed by atoms with van der Waals surface area (Å²) >= 11 is 0. The van der Waals surface area contributed by atoms with E-state index in [2.05, 4.69) is 63.7 Å². The molecule has 0 spiro atoms. The summed E-state index contributed by atoms with van der Waals surface area (Å²) in [5.41, 5.74) is 8.27. The van der Waals surface area contributed by atoms with E-state index in [1.807, 2.05) is 126 Å². The van der Waals surface area contributed by atoms with Crippen LogP contribution in [0, 0.1) is 0 Å². The van der Waals surface area contributed by atoms with Gasteiger partial charge in [0.2, 0.25) is 11.9 Å². The van der Waals surface area contributed by atoms with E-state index < -0.39 is 48.3 Å². The van der Waals surface area contributed by atoms with Crippen LogP contribution in [0.15, 0.2) is 229 Å². The fourth-order valence-corrected chi connectivity index (χ4v) is 11.3. The molecule has 8 nitrogen and oxygen atoms in total. The van der Waals surface area contributed by atoms with Crippen molar-refractivity contribution in [2.24, 2.45) is 0 Å². The molecule has 330 valence electrons. The number of furan rings is 1. The summed E-state index contributed by atoms with van der Waals surface area (Å²) in [5.74, 6) is 0.147. The number of hydrogen-bond donors (Lipinski definition) is 0. The highest BCUT2D eigenvalue weighted by Crippen LogP contribution is 2.45. The summed E-state index contributed by atoms with van der Waals surface area (Å²) < 4.78 is 88.0. The highest BCUT2D eigenvalue weighted by molar-refractivity contribution is 6.25. The molecule has 0 aliphatic rings. The van der Waals surface area contributed by atoms with Crippen LogP contribution in [0.2, 0.25) is 0 Å². The van der Waals surface area contributed by atoms with Crippen molar-refractivity contribution >= 4 is 109 Å². The first kappa shape index (κ1) is 31.3. The maximum atomic E-state index is 9.58. The van der Waals surface area contributed by atoms with Gasteiger partial charge in [-0.25, -0.2) is 0 Å². The molecule has 71 heavy (non-hydrogen) atoms. The van der Waals surface area contributed by atoms with Gasteiger partial charge in [-0.15, -0.1) is 0 Å². The molecule has 0 fully saturated rings. The third-order valence-corrected chi connectivity index (χ3v) is 14.1. The van der Waals surface area contributed by atoms with Crippen LogP contribution in [-0.2, 0) is 0 Å². The minimum Gasteiger partial charge on any atom is -0.456 e. The van der Waals surface area contributed by atoms with Crippen molar-refractivity contribution < 1.29 is 15.4 Å². The summed E-state index contributed by atoms with van der Waals surface area (Å²) in [7, 11) is 0. The van der Waals surface area contributed by atoms with Gasteiger partial charge >= 0.3 is 0 Å². The van der Waals surface area contributed by atoms with Crippen LogP contribution >= 0.6 is 0 Å². The van der Waals surface area contributed by atoms with Gasteiger partial charge in [-0.2, -0.15) is 15.0 Å². The molecule has 0 unspecified atom stereocenters. The first-order chi connectivity index (χ1) is 38.6. The third kappa shape index (κ3) is 5.25. The average Bonchev–Trinajstić information content (AvgIpc) is 3.68. The lowest BCUT2D eigenvalue weighted by molar-refractivity contribution is 0.669. The van der Waals surface area contributed by atoms with Crippen molar-refractivity contribution in [3.05, 3.63) is 224 Å². The number of nitrogens with zero attached hydrogens (tertiary/aromatic N) is 7. The Morgan fingerprint density at radius 3 is 1.32 bits per heavy atom. The zero-order chi connectivity index (χ0) is 53.3. The summed E-state index contributed by atoms with van der Waals surface area (Å²) in [5, 5.41) is 7.53. The number of para-hydroxylation sites is 8. The normalized spacial score (nSPS) is 13.8. The molecule has 16 rings (SSSR count). The molecule has 0 aliphatic heterocycles. The summed E-state index contributed by atoms with van der Waals surface area (Å²) in [6.07, 6.45) is 0. The van der Waals surface area contributed by atoms with Crippen molar-refractivity contribution in [2.75, 3.05) is 0 Å². The van der Waals surface area contributed by atoms with Crippen molar-refractivity contribution in [2.45, 2.75) is 0 Å². The van der Waals surface area contributed by atoms with E-state index in [4.69, 9.17) is 24.9 Å². The molecule has 0 amide bonds. The van der Waals surface area contributed by atoms with Gasteiger partial charge in [0, 0.05) is 48.5 Å². The molecule has 0 N–H and O–H groups in total. The molecule has 6 heterocycles. The monoisotopic (exact) mass is 915 g/mol. The molecule has 16 aromatic rings. The Labute approximate surface area is 415 Å². The molecular formula is C63H37N7O. The summed E-state index contributed by atoms with van der Waals surface area (Å²) in [6.45, 7) is 0. The molecule has 10 aromatic carbocycles. The Hall–Kier alpha value is -9.79. The van der Waals surface area contributed by atoms with Crippen LogP contribution in [-0.4, -0.2) is 33.2 Å². The van der Waals surface area contributed by atoms with Crippen molar-refractivity contribution in [3.63, 3.8) is 0 Å². The second-order valence-electron chi connectivity index (χ2n) is 17.7. The van der Waals surface area contributed by atoms with Gasteiger partial charge in [0.25, 0.3) is 0 Å². The first-order valence-electron chi connectivity index (χ1n) is 27.3. The SMILES string of the molecule is [2H]c1c([2H])c([2H])c2c(c1[2H])c1c([2H])c([2H])c([2H])c([2H])c1n2-c1nc(-c2c(-n3c4ccccc4c4ccccc43)cccc2-n2c3ccccc3c3ccc4oc5ccccc5c4c32)nc(-n2c3ccccc3c3ccccc32)n1. The largest absolute Gasteiger partial charge is 0.456 e. The topological polar surface area (TPSA) is 71.5 Å². The molecule has 0 radical (unpaired) electrons. The zero-order valence-electron chi connectivity index (χ0n) is 45.3. The quantitative estimate of drug-likeness (QED) is 0.172. The van der Waals surface area contributed by atoms with Gasteiger partial charge in [-0.1, -0.05) is 152 Å². The summed E-state index contributed by atoms with van der Waals surface area (Å²) in [4.78, 5) is 16.4. The Kier molecular flexibility index (Phi) is 6.33. The Morgan fingerprint density at radius 2 is 0.761 bits per heavy atom. The molecule has 8 heteroatoms. The minimum atomic E-state index is -0.558. The Morgan fingerprint density at radius 1 is 0.324 bits per heavy atom. The molecule has 0 atom stereocenters. The predicted octanol–water partition coefficient (Wildman–Crippen LogP) is 15.8. The van der Waals surface area contributed by atoms with Crippen LogP contribution in [0.25, 0.3) is 144 Å². The van der Waals surface area contributed by atoms with Gasteiger partial charge in [0.1, 0.15) is 11.2 Å². The van der Waals surface area contributed by atoms with E-state index in [1.165, 1.54) is 4.57 Å². The van der Waals surface area contributed by atoms with Crippen LogP contribution in [0.3, 0.4) is 0 Å². The van der Waals surface area contributed by atoms with E-state index in [9.17, 15) is 5.48 Å². The molecule has 0 saturated carbocycles. The fourth-order valence-electron chi connectivity index (χ4n) is 11.3. The number of rotatable bonds is 5. The van der Waals surface area contributed by atoms with E-state index >= 15 is 0 Å². The number of fused-ring (bicyclic) bond motifs is 16. The molecular weight excluding hydrogens is 871 g/mol. The molecule has 0 aliphatic carbocycles. The van der Waals surface area contributed by atoms with E-state index in [-0.39, 0.29) is 39.5 Å². The molecule has 6 aromatic heterocycles. The maximum absolute atomic E-state index is 9.58. The number of benzene rings is 10. The van der Waals surface area contributed by atoms with Gasteiger partial charge in [0.05, 0.1) is 77.4 Å². The highest BCUT2D eigenvalue weighted by atomic mass is 16.3. The van der Waals surface area contributed by atoms with Crippen molar-refractivity contribution in [1.82, 2.24) is 33.2 Å². The van der Waals surface area contributed by atoms with Gasteiger partial charge in [0.15, 0.2) is 5.82 Å². The lowest BCUT2D eigenvalue weighted by atomic mass is 10.1. The fraction of sp³-hybridized carbons (Fsp3) is 0. The number of hydrogen-bond acceptors (Lipinski definition) is 4. The standard InChI is InChI=1S/C63H37N7O/c1-9-26-47-38(18-1)39-19-2-10-27-48(39)67(47)54-33-17-34-55(68-49-28-11-7-24-44(49)45-36-37-57-58(60(45)68)46-25-8-16-35-56(46)71-57)59(54)61-64-62(69-50-29-12-3-20-40(50)41-21-4-13-30-51(41)69)66-63(65-61)70-52-31-14-5-22-42(52)43-23-6-15-32-53(43)70/h1-37H/i3D,4D,12D,13D,20D,21D,29D,30D. The zero-order valence-corrected chi connectivity index (χ0v) is 37.3. The van der Waals surface area contributed by atoms with E-state index in [0.717, 1.165) is 81.8 Å². The first-order valence-corrected chi connectivity index (χ1v) is 23.3. The third-order valence-electron chi connectivity index (χ3n) is 14.1. The van der Waals surface area contributed by atoms with Crippen molar-refractivity contribution in [3.8, 4) is 34.7 Å². The lowest BCUT2D eigenvalue weighted by Crippen LogP contribution is -2.12. The van der Waals surface area contributed by atoms with Gasteiger partial charge in [-0.05, 0) is 72.7 Å². The van der Waals surface area contributed by atoms with Gasteiger partial charge in [-0.3, -0.25) is 9.13 Å². The van der Waals surface area contributed by atoms with E-state index in [0.29, 0.717) is 22.5 Å². The van der Waals surface area contributed by atoms with Crippen LogP contribution in [0.4, 0.5) is 0 Å². The van der Waals surface area contributed by atoms with Crippen LogP contribution < -0.4 is 0 Å². The summed E-state index contributed by atoms with van der Waals surface area (Å²) in [6, 6.07) is 54.8. The van der Waals surface area contributed by atoms with Gasteiger partial charge < -0.3 is 13.6 Å². The molecule has 0 saturated heterocycles. The second-order valence-corrected chi connectivity index (χ2v) is 17.7. The molecule has 0 bridgehead atoms. The number of aromatic nitrogens is 7. The minimum absolute atomic E-state index is 0.0959. The highest BCUT2D eigenvalue weighted by Gasteiger charge is 2.28. The van der Waals surface area contributed by atoms with Crippen LogP contribution in [0.5, 0.6) is 0 Å². The smallest absolute Gasteiger partial charge is 0.240 e. The Balaban J connectivity index is 1.15. The Bertz CT molecular complexity index is 5220. The second kappa shape index (κ2) is 14.4. The van der Waals surface area contributed by atoms with Crippen LogP contribution in [0.1, 0.15) is 11.0 Å². The average molecular weight is 916 g/mol.